The van der Waals surface area contributed by atoms with E-state index in [1.807, 2.05) is 13.8 Å². The second-order valence-electron chi connectivity index (χ2n) is 6.53. The highest BCUT2D eigenvalue weighted by Gasteiger charge is 2.27. The first-order valence-electron chi connectivity index (χ1n) is 8.84. The second-order valence-corrected chi connectivity index (χ2v) is 6.53. The molecule has 142 valence electrons. The predicted molar refractivity (Wildman–Crippen MR) is 101 cm³/mol. The fourth-order valence-corrected chi connectivity index (χ4v) is 3.09. The van der Waals surface area contributed by atoms with E-state index in [0.29, 0.717) is 31.7 Å². The van der Waals surface area contributed by atoms with Gasteiger partial charge in [-0.15, -0.1) is 0 Å². The summed E-state index contributed by atoms with van der Waals surface area (Å²) in [5.74, 6) is -0.249. The number of amides is 2. The zero-order chi connectivity index (χ0) is 19.4. The van der Waals surface area contributed by atoms with E-state index in [4.69, 9.17) is 0 Å². The molecule has 3 rings (SSSR count). The Labute approximate surface area is 157 Å². The lowest BCUT2D eigenvalue weighted by atomic mass is 10.1. The summed E-state index contributed by atoms with van der Waals surface area (Å²) in [6.45, 7) is 6.03. The molecule has 0 aliphatic carbocycles. The van der Waals surface area contributed by atoms with Crippen molar-refractivity contribution in [2.75, 3.05) is 31.1 Å². The Kier molecular flexibility index (Phi) is 5.54. The molecular weight excluding hydrogens is 346 g/mol. The van der Waals surface area contributed by atoms with Crippen molar-refractivity contribution in [1.82, 2.24) is 20.2 Å². The minimum absolute atomic E-state index is 0.377. The van der Waals surface area contributed by atoms with E-state index in [9.17, 15) is 14.7 Å². The van der Waals surface area contributed by atoms with Crippen molar-refractivity contribution >= 4 is 17.8 Å². The Morgan fingerprint density at radius 2 is 1.78 bits per heavy atom. The van der Waals surface area contributed by atoms with Gasteiger partial charge in [-0.1, -0.05) is 30.3 Å². The number of carboxylic acid groups (broad SMARTS) is 1. The molecule has 2 heterocycles. The van der Waals surface area contributed by atoms with Crippen LogP contribution in [0.3, 0.4) is 0 Å². The Morgan fingerprint density at radius 1 is 1.11 bits per heavy atom. The molecule has 8 nitrogen and oxygen atoms in total. The first-order chi connectivity index (χ1) is 13.0. The summed E-state index contributed by atoms with van der Waals surface area (Å²) < 4.78 is 0. The van der Waals surface area contributed by atoms with Crippen molar-refractivity contribution in [2.45, 2.75) is 19.9 Å². The largest absolute Gasteiger partial charge is 0.479 e. The molecule has 2 amide bonds. The topological polar surface area (TPSA) is 98.7 Å². The van der Waals surface area contributed by atoms with E-state index < -0.39 is 12.0 Å². The molecule has 1 fully saturated rings. The lowest BCUT2D eigenvalue weighted by Gasteiger charge is -2.36. The maximum atomic E-state index is 12.6. The monoisotopic (exact) mass is 369 g/mol. The maximum absolute atomic E-state index is 12.6. The highest BCUT2D eigenvalue weighted by atomic mass is 16.4. The number of aryl methyl sites for hydroxylation is 2. The maximum Gasteiger partial charge on any atom is 0.330 e. The molecule has 0 saturated carbocycles. The second kappa shape index (κ2) is 8.03. The van der Waals surface area contributed by atoms with Crippen LogP contribution in [0.15, 0.2) is 36.5 Å². The number of carboxylic acids is 1. The molecule has 0 spiro atoms. The average molecular weight is 369 g/mol. The number of hydrogen-bond donors (Lipinski definition) is 2. The van der Waals surface area contributed by atoms with Crippen LogP contribution in [0.4, 0.5) is 10.6 Å². The Hall–Kier alpha value is -3.16. The van der Waals surface area contributed by atoms with E-state index in [-0.39, 0.29) is 6.03 Å². The van der Waals surface area contributed by atoms with Crippen molar-refractivity contribution < 1.29 is 14.7 Å². The van der Waals surface area contributed by atoms with Crippen LogP contribution >= 0.6 is 0 Å². The van der Waals surface area contributed by atoms with Gasteiger partial charge in [0.2, 0.25) is 0 Å². The number of nitrogens with one attached hydrogen (secondary N) is 1. The summed E-state index contributed by atoms with van der Waals surface area (Å²) in [5.41, 5.74) is 2.25. The van der Waals surface area contributed by atoms with Crippen LogP contribution in [0.5, 0.6) is 0 Å². The molecule has 0 unspecified atom stereocenters. The molecule has 1 aliphatic heterocycles. The molecular formula is C19H23N5O3. The smallest absolute Gasteiger partial charge is 0.330 e. The van der Waals surface area contributed by atoms with Crippen LogP contribution in [-0.4, -0.2) is 58.2 Å². The van der Waals surface area contributed by atoms with Gasteiger partial charge in [-0.2, -0.15) is 0 Å². The van der Waals surface area contributed by atoms with Crippen molar-refractivity contribution in [3.63, 3.8) is 0 Å². The van der Waals surface area contributed by atoms with Gasteiger partial charge in [-0.3, -0.25) is 4.98 Å². The highest BCUT2D eigenvalue weighted by Crippen LogP contribution is 2.18. The van der Waals surface area contributed by atoms with Crippen LogP contribution in [-0.2, 0) is 4.79 Å². The molecule has 0 bridgehead atoms. The normalized spacial score (nSPS) is 15.3. The minimum atomic E-state index is -1.08. The average Bonchev–Trinajstić information content (AvgIpc) is 2.68. The number of hydrogen-bond acceptors (Lipinski definition) is 5. The lowest BCUT2D eigenvalue weighted by Crippen LogP contribution is -2.53. The third kappa shape index (κ3) is 4.33. The Balaban J connectivity index is 1.62. The van der Waals surface area contributed by atoms with Gasteiger partial charge in [0.15, 0.2) is 6.04 Å². The van der Waals surface area contributed by atoms with Crippen LogP contribution in [0.2, 0.25) is 0 Å². The number of nitrogens with zero attached hydrogens (tertiary/aromatic N) is 4. The molecule has 1 atom stereocenters. The van der Waals surface area contributed by atoms with Gasteiger partial charge in [0, 0.05) is 32.4 Å². The zero-order valence-electron chi connectivity index (χ0n) is 15.4. The molecule has 1 saturated heterocycles. The van der Waals surface area contributed by atoms with Crippen LogP contribution in [0.25, 0.3) is 0 Å². The fourth-order valence-electron chi connectivity index (χ4n) is 3.09. The summed E-state index contributed by atoms with van der Waals surface area (Å²) in [5, 5.41) is 12.1. The van der Waals surface area contributed by atoms with Crippen molar-refractivity contribution in [3.05, 3.63) is 53.5 Å². The van der Waals surface area contributed by atoms with Gasteiger partial charge in [-0.05, 0) is 19.4 Å². The number of piperazine rings is 1. The van der Waals surface area contributed by atoms with Crippen molar-refractivity contribution in [2.24, 2.45) is 0 Å². The quantitative estimate of drug-likeness (QED) is 0.852. The molecule has 0 radical (unpaired) electrons. The van der Waals surface area contributed by atoms with Crippen LogP contribution in [0, 0.1) is 13.8 Å². The number of aromatic nitrogens is 2. The molecule has 2 N–H and O–H groups in total. The first kappa shape index (κ1) is 18.6. The molecule has 27 heavy (non-hydrogen) atoms. The summed E-state index contributed by atoms with van der Waals surface area (Å²) in [7, 11) is 0. The molecule has 8 heteroatoms. The molecule has 1 aliphatic rings. The number of carbonyl (C=O) groups is 2. The Morgan fingerprint density at radius 3 is 2.41 bits per heavy atom. The minimum Gasteiger partial charge on any atom is -0.479 e. The van der Waals surface area contributed by atoms with Crippen molar-refractivity contribution in [3.8, 4) is 0 Å². The SMILES string of the molecule is Cc1cnc(C)c(N2CCN(C(=O)N[C@@H](C(=O)O)c3ccccc3)CC2)n1. The first-order valence-corrected chi connectivity index (χ1v) is 8.84. The van der Waals surface area contributed by atoms with Gasteiger partial charge >= 0.3 is 12.0 Å². The van der Waals surface area contributed by atoms with Gasteiger partial charge in [0.25, 0.3) is 0 Å². The number of aliphatic carboxylic acids is 1. The van der Waals surface area contributed by atoms with Gasteiger partial charge in [0.1, 0.15) is 5.82 Å². The van der Waals surface area contributed by atoms with Gasteiger partial charge < -0.3 is 20.2 Å². The third-order valence-corrected chi connectivity index (χ3v) is 4.56. The van der Waals surface area contributed by atoms with Gasteiger partial charge in [0.05, 0.1) is 11.4 Å². The summed E-state index contributed by atoms with van der Waals surface area (Å²) in [4.78, 5) is 36.7. The van der Waals surface area contributed by atoms with E-state index in [1.165, 1.54) is 0 Å². The van der Waals surface area contributed by atoms with Gasteiger partial charge in [-0.25, -0.2) is 14.6 Å². The van der Waals surface area contributed by atoms with E-state index in [1.54, 1.807) is 41.4 Å². The summed E-state index contributed by atoms with van der Waals surface area (Å²) in [6, 6.07) is 7.24. The number of urea groups is 1. The summed E-state index contributed by atoms with van der Waals surface area (Å²) in [6.07, 6.45) is 1.73. The van der Waals surface area contributed by atoms with E-state index >= 15 is 0 Å². The van der Waals surface area contributed by atoms with E-state index in [0.717, 1.165) is 17.2 Å². The molecule has 1 aromatic heterocycles. The lowest BCUT2D eigenvalue weighted by molar-refractivity contribution is -0.139. The van der Waals surface area contributed by atoms with E-state index in [2.05, 4.69) is 20.2 Å². The molecule has 2 aromatic rings. The predicted octanol–water partition coefficient (Wildman–Crippen LogP) is 1.75. The third-order valence-electron chi connectivity index (χ3n) is 4.56. The fraction of sp³-hybridized carbons (Fsp3) is 0.368. The highest BCUT2D eigenvalue weighted by molar-refractivity contribution is 5.83. The Bertz CT molecular complexity index is 819. The summed E-state index contributed by atoms with van der Waals surface area (Å²) >= 11 is 0. The standard InChI is InChI=1S/C19H23N5O3/c1-13-12-20-14(2)17(21-13)23-8-10-24(11-9-23)19(27)22-16(18(25)26)15-6-4-3-5-7-15/h3-7,12,16H,8-11H2,1-2H3,(H,22,27)(H,25,26)/t16-/m1/s1. The molecule has 1 aromatic carbocycles. The zero-order valence-corrected chi connectivity index (χ0v) is 15.4. The van der Waals surface area contributed by atoms with Crippen LogP contribution in [0.1, 0.15) is 23.0 Å². The number of rotatable bonds is 4. The number of anilines is 1. The van der Waals surface area contributed by atoms with Crippen molar-refractivity contribution in [1.29, 1.82) is 0 Å². The number of benzene rings is 1. The van der Waals surface area contributed by atoms with Crippen LogP contribution < -0.4 is 10.2 Å². The number of carbonyl (C=O) groups excluding carboxylic acids is 1.